The number of benzene rings is 1. The van der Waals surface area contributed by atoms with Crippen molar-refractivity contribution in [1.29, 1.82) is 0 Å². The SMILES string of the molecule is O=C(c1c(F)cccc1-n1nccn1)N1CC2CC(Nc3ccc(C(F)(F)F)cn3)C1C2. The minimum absolute atomic E-state index is 0.109. The number of nitrogens with one attached hydrogen (secondary N) is 1. The topological polar surface area (TPSA) is 75.9 Å². The average molecular weight is 446 g/mol. The van der Waals surface area contributed by atoms with Crippen LogP contribution in [0.15, 0.2) is 48.9 Å². The minimum atomic E-state index is -4.46. The van der Waals surface area contributed by atoms with E-state index in [0.717, 1.165) is 25.1 Å². The van der Waals surface area contributed by atoms with Gasteiger partial charge in [0.1, 0.15) is 22.9 Å². The number of amides is 1. The number of fused-ring (bicyclic) bond motifs is 2. The zero-order valence-corrected chi connectivity index (χ0v) is 16.6. The second kappa shape index (κ2) is 7.57. The van der Waals surface area contributed by atoms with Crippen LogP contribution >= 0.6 is 0 Å². The van der Waals surface area contributed by atoms with Crippen molar-refractivity contribution in [2.75, 3.05) is 11.9 Å². The fraction of sp³-hybridized carbons (Fsp3) is 0.333. The minimum Gasteiger partial charge on any atom is -0.365 e. The number of piperidine rings is 1. The Labute approximate surface area is 180 Å². The summed E-state index contributed by atoms with van der Waals surface area (Å²) in [5, 5.41) is 11.2. The molecule has 3 unspecified atom stereocenters. The molecular weight excluding hydrogens is 428 g/mol. The highest BCUT2D eigenvalue weighted by molar-refractivity contribution is 5.98. The van der Waals surface area contributed by atoms with E-state index in [9.17, 15) is 22.4 Å². The first kappa shape index (κ1) is 20.4. The lowest BCUT2D eigenvalue weighted by Crippen LogP contribution is -2.48. The summed E-state index contributed by atoms with van der Waals surface area (Å²) >= 11 is 0. The highest BCUT2D eigenvalue weighted by Crippen LogP contribution is 2.40. The summed E-state index contributed by atoms with van der Waals surface area (Å²) in [5.41, 5.74) is -0.688. The molecule has 1 aromatic carbocycles. The highest BCUT2D eigenvalue weighted by atomic mass is 19.4. The predicted octanol–water partition coefficient (Wildman–Crippen LogP) is 3.54. The molecule has 3 atom stereocenters. The summed E-state index contributed by atoms with van der Waals surface area (Å²) in [5.74, 6) is -0.611. The molecule has 1 amide bonds. The van der Waals surface area contributed by atoms with E-state index < -0.39 is 23.5 Å². The Morgan fingerprint density at radius 1 is 1.09 bits per heavy atom. The number of hydrogen-bond donors (Lipinski definition) is 1. The Bertz CT molecular complexity index is 1130. The predicted molar refractivity (Wildman–Crippen MR) is 106 cm³/mol. The van der Waals surface area contributed by atoms with Gasteiger partial charge in [0, 0.05) is 18.8 Å². The van der Waals surface area contributed by atoms with Crippen LogP contribution in [-0.2, 0) is 6.18 Å². The molecule has 1 aliphatic carbocycles. The molecule has 0 spiro atoms. The molecule has 3 heterocycles. The van der Waals surface area contributed by atoms with Gasteiger partial charge in [-0.05, 0) is 43.0 Å². The first-order valence-electron chi connectivity index (χ1n) is 10.1. The van der Waals surface area contributed by atoms with Crippen molar-refractivity contribution in [1.82, 2.24) is 24.9 Å². The summed E-state index contributed by atoms with van der Waals surface area (Å²) < 4.78 is 53.0. The number of carbonyl (C=O) groups is 1. The van der Waals surface area contributed by atoms with Crippen LogP contribution in [-0.4, -0.2) is 49.4 Å². The Kier molecular flexibility index (Phi) is 4.83. The average Bonchev–Trinajstić information content (AvgIpc) is 3.50. The van der Waals surface area contributed by atoms with Gasteiger partial charge in [-0.3, -0.25) is 4.79 Å². The second-order valence-corrected chi connectivity index (χ2v) is 8.00. The lowest BCUT2D eigenvalue weighted by Gasteiger charge is -2.34. The Morgan fingerprint density at radius 2 is 1.88 bits per heavy atom. The van der Waals surface area contributed by atoms with Gasteiger partial charge in [-0.1, -0.05) is 6.07 Å². The molecule has 2 bridgehead atoms. The zero-order chi connectivity index (χ0) is 22.5. The van der Waals surface area contributed by atoms with Gasteiger partial charge in [0.05, 0.1) is 24.0 Å². The molecule has 7 nitrogen and oxygen atoms in total. The van der Waals surface area contributed by atoms with Crippen molar-refractivity contribution >= 4 is 11.7 Å². The monoisotopic (exact) mass is 446 g/mol. The number of carbonyl (C=O) groups excluding carboxylic acids is 1. The van der Waals surface area contributed by atoms with Crippen LogP contribution in [0.1, 0.15) is 28.8 Å². The number of anilines is 1. The van der Waals surface area contributed by atoms with Crippen molar-refractivity contribution in [2.45, 2.75) is 31.1 Å². The number of likely N-dealkylation sites (tertiary alicyclic amines) is 1. The van der Waals surface area contributed by atoms with Crippen LogP contribution in [0.3, 0.4) is 0 Å². The number of hydrogen-bond acceptors (Lipinski definition) is 5. The van der Waals surface area contributed by atoms with Gasteiger partial charge in [0.2, 0.25) is 0 Å². The van der Waals surface area contributed by atoms with E-state index in [1.54, 1.807) is 11.0 Å². The van der Waals surface area contributed by atoms with E-state index >= 15 is 0 Å². The van der Waals surface area contributed by atoms with Gasteiger partial charge >= 0.3 is 6.18 Å². The van der Waals surface area contributed by atoms with Crippen LogP contribution in [0.4, 0.5) is 23.4 Å². The standard InChI is InChI=1S/C21H18F4N6O/c22-14-2-1-3-16(31-27-6-7-28-31)19(14)20(32)30-11-12-8-15(17(30)9-12)29-18-5-4-13(10-26-18)21(23,24)25/h1-7,10,12,15,17H,8-9,11H2,(H,26,29). The molecule has 2 fully saturated rings. The molecule has 2 aliphatic rings. The van der Waals surface area contributed by atoms with E-state index in [4.69, 9.17) is 0 Å². The van der Waals surface area contributed by atoms with Gasteiger partial charge < -0.3 is 10.2 Å². The number of alkyl halides is 3. The Balaban J connectivity index is 1.37. The number of rotatable bonds is 4. The van der Waals surface area contributed by atoms with Gasteiger partial charge in [0.15, 0.2) is 0 Å². The molecule has 0 radical (unpaired) electrons. The summed E-state index contributed by atoms with van der Waals surface area (Å²) in [4.78, 5) is 20.1. The lowest BCUT2D eigenvalue weighted by molar-refractivity contribution is -0.137. The number of halogens is 4. The zero-order valence-electron chi connectivity index (χ0n) is 16.6. The van der Waals surface area contributed by atoms with Gasteiger partial charge in [-0.25, -0.2) is 9.37 Å². The number of pyridine rings is 1. The van der Waals surface area contributed by atoms with Crippen LogP contribution < -0.4 is 5.32 Å². The maximum absolute atomic E-state index is 14.7. The van der Waals surface area contributed by atoms with Crippen LogP contribution in [0.2, 0.25) is 0 Å². The van der Waals surface area contributed by atoms with Crippen LogP contribution in [0.5, 0.6) is 0 Å². The fourth-order valence-electron chi connectivity index (χ4n) is 4.63. The van der Waals surface area contributed by atoms with E-state index in [0.29, 0.717) is 12.4 Å². The lowest BCUT2D eigenvalue weighted by atomic mass is 10.0. The summed E-state index contributed by atoms with van der Waals surface area (Å²) in [7, 11) is 0. The molecule has 32 heavy (non-hydrogen) atoms. The molecular formula is C21H18F4N6O. The third kappa shape index (κ3) is 3.57. The molecule has 11 heteroatoms. The largest absolute Gasteiger partial charge is 0.417 e. The maximum Gasteiger partial charge on any atom is 0.417 e. The molecule has 1 aliphatic heterocycles. The second-order valence-electron chi connectivity index (χ2n) is 8.00. The van der Waals surface area contributed by atoms with Crippen LogP contribution in [0.25, 0.3) is 5.69 Å². The van der Waals surface area contributed by atoms with Crippen molar-refractivity contribution < 1.29 is 22.4 Å². The molecule has 3 aromatic rings. The first-order chi connectivity index (χ1) is 15.3. The van der Waals surface area contributed by atoms with Gasteiger partial charge in [-0.15, -0.1) is 0 Å². The first-order valence-corrected chi connectivity index (χ1v) is 10.1. The Hall–Kier alpha value is -3.50. The Morgan fingerprint density at radius 3 is 2.53 bits per heavy atom. The van der Waals surface area contributed by atoms with Crippen molar-refractivity contribution in [3.8, 4) is 5.69 Å². The molecule has 1 N–H and O–H groups in total. The fourth-order valence-corrected chi connectivity index (χ4v) is 4.63. The third-order valence-electron chi connectivity index (χ3n) is 6.01. The van der Waals surface area contributed by atoms with Crippen LogP contribution in [0, 0.1) is 11.7 Å². The molecule has 5 rings (SSSR count). The molecule has 166 valence electrons. The summed E-state index contributed by atoms with van der Waals surface area (Å²) in [6.07, 6.45) is 0.682. The van der Waals surface area contributed by atoms with Gasteiger partial charge in [-0.2, -0.15) is 28.2 Å². The molecule has 2 aromatic heterocycles. The quantitative estimate of drug-likeness (QED) is 0.621. The summed E-state index contributed by atoms with van der Waals surface area (Å²) in [6.45, 7) is 0.489. The molecule has 1 saturated heterocycles. The summed E-state index contributed by atoms with van der Waals surface area (Å²) in [6, 6.07) is 6.10. The van der Waals surface area contributed by atoms with E-state index in [-0.39, 0.29) is 29.3 Å². The van der Waals surface area contributed by atoms with E-state index in [1.807, 2.05) is 0 Å². The third-order valence-corrected chi connectivity index (χ3v) is 6.01. The smallest absolute Gasteiger partial charge is 0.365 e. The van der Waals surface area contributed by atoms with E-state index in [1.165, 1.54) is 35.4 Å². The number of aromatic nitrogens is 4. The highest BCUT2D eigenvalue weighted by Gasteiger charge is 2.48. The van der Waals surface area contributed by atoms with Crippen molar-refractivity contribution in [2.24, 2.45) is 5.92 Å². The van der Waals surface area contributed by atoms with Gasteiger partial charge in [0.25, 0.3) is 5.91 Å². The van der Waals surface area contributed by atoms with Crippen molar-refractivity contribution in [3.05, 3.63) is 65.9 Å². The van der Waals surface area contributed by atoms with Crippen molar-refractivity contribution in [3.63, 3.8) is 0 Å². The molecule has 1 saturated carbocycles. The maximum atomic E-state index is 14.7. The normalized spacial score (nSPS) is 22.4. The van der Waals surface area contributed by atoms with E-state index in [2.05, 4.69) is 20.5 Å². The number of nitrogens with zero attached hydrogens (tertiary/aromatic N) is 5.